The van der Waals surface area contributed by atoms with Gasteiger partial charge >= 0.3 is 0 Å². The van der Waals surface area contributed by atoms with Gasteiger partial charge in [-0.1, -0.05) is 285 Å². The molecule has 0 bridgehead atoms. The molecule has 0 unspecified atom stereocenters. The van der Waals surface area contributed by atoms with E-state index in [4.69, 9.17) is 13.1 Å². The molecule has 0 aliphatic heterocycles. The first kappa shape index (κ1) is 89.2. The van der Waals surface area contributed by atoms with Gasteiger partial charge in [-0.15, -0.1) is 0 Å². The van der Waals surface area contributed by atoms with Crippen molar-refractivity contribution in [2.45, 2.75) is 0 Å². The van der Waals surface area contributed by atoms with Crippen LogP contribution in [0, 0.1) is 92.5 Å². The fourth-order valence-corrected chi connectivity index (χ4v) is 22.4. The van der Waals surface area contributed by atoms with E-state index < -0.39 is 0 Å². The lowest BCUT2D eigenvalue weighted by Crippen LogP contribution is -2.02. The molecule has 0 radical (unpaired) electrons. The van der Waals surface area contributed by atoms with Crippen molar-refractivity contribution in [2.75, 3.05) is 0 Å². The normalized spacial score (nSPS) is 11.1. The first-order valence-corrected chi connectivity index (χ1v) is 48.8. The number of benzene rings is 21. The zero-order valence-corrected chi connectivity index (χ0v) is 80.0. The summed E-state index contributed by atoms with van der Waals surface area (Å²) >= 11 is 0. The Hall–Kier alpha value is -22.2. The average Bonchev–Trinajstić information content (AvgIpc) is 1.56. The minimum Gasteiger partial charge on any atom is -0.310 e. The van der Waals surface area contributed by atoms with Crippen LogP contribution in [-0.2, 0) is 0 Å². The molecule has 21 aromatic carbocycles. The molecule has 0 saturated carbocycles. The van der Waals surface area contributed by atoms with Gasteiger partial charge in [-0.2, -0.15) is 36.8 Å². The van der Waals surface area contributed by atoms with Crippen molar-refractivity contribution in [3.05, 3.63) is 517 Å². The van der Waals surface area contributed by atoms with E-state index in [-0.39, 0.29) is 0 Å². The van der Waals surface area contributed by atoms with Crippen molar-refractivity contribution in [1.82, 2.24) is 27.4 Å². The monoisotopic (exact) mass is 1910 g/mol. The lowest BCUT2D eigenvalue weighted by molar-refractivity contribution is 1.17. The summed E-state index contributed by atoms with van der Waals surface area (Å²) in [6.45, 7) is 15.7. The maximum Gasteiger partial charge on any atom is 0.189 e. The maximum absolute atomic E-state index is 10.6. The van der Waals surface area contributed by atoms with Gasteiger partial charge in [0, 0.05) is 110 Å². The Labute approximate surface area is 860 Å². The number of hydrogen-bond acceptors (Lipinski definition) is 7. The molecule has 0 aliphatic rings. The van der Waals surface area contributed by atoms with E-state index >= 15 is 0 Å². The standard InChI is InChI=1S/3C45H25N5/c1-48-31-19-21-39(45(26-31)50-42-16-8-4-12-36(42)37-13-5-9-17-43(37)50)35-11-3-2-10-34(35)33-22-20-32(25-30(33)28-47)49-41-15-7-6-14-38(41)40-24-29(27-46)18-23-44(40)49;1-48-32-20-21-38(45(26-32)50-41-15-7-4-12-35(41)36-13-5-8-16-42(36)50)34-11-3-2-10-33(34)30-19-23-40(31(25-30)28-47)49-43-17-9-6-14-37(43)39-24-29(27-46)18-22-44(39)49;46-26-29-17-23-43-38(25-29)36-12-5-6-14-40(36)49(43)32-21-18-30(19-22-32)33-9-1-2-13-37(33)45-39(28-48)31(27-47)20-24-44(45)50-41-15-7-3-10-34(41)35-11-4-8-16-42(35)50/h2*2-26H;1-25H. The maximum atomic E-state index is 10.6. The van der Waals surface area contributed by atoms with Gasteiger partial charge in [-0.25, -0.2) is 9.69 Å². The summed E-state index contributed by atoms with van der Waals surface area (Å²) in [4.78, 5) is 7.61. The van der Waals surface area contributed by atoms with Gasteiger partial charge in [0.2, 0.25) is 0 Å². The summed E-state index contributed by atoms with van der Waals surface area (Å²) in [6.07, 6.45) is 0. The quantitative estimate of drug-likeness (QED) is 0.108. The molecule has 15 heteroatoms. The summed E-state index contributed by atoms with van der Waals surface area (Å²) < 4.78 is 13.2. The molecule has 0 N–H and O–H groups in total. The van der Waals surface area contributed by atoms with E-state index in [1.54, 1.807) is 6.07 Å². The van der Waals surface area contributed by atoms with Crippen molar-refractivity contribution in [2.24, 2.45) is 0 Å². The fraction of sp³-hybridized carbons (Fsp3) is 0. The van der Waals surface area contributed by atoms with Gasteiger partial charge in [0.25, 0.3) is 0 Å². The molecule has 15 nitrogen and oxygen atoms in total. The van der Waals surface area contributed by atoms with Crippen molar-refractivity contribution < 1.29 is 0 Å². The fourth-order valence-electron chi connectivity index (χ4n) is 22.4. The highest BCUT2D eigenvalue weighted by Crippen LogP contribution is 2.49. The van der Waals surface area contributed by atoms with Crippen LogP contribution in [0.3, 0.4) is 0 Å². The molecule has 27 aromatic rings. The van der Waals surface area contributed by atoms with Crippen LogP contribution < -0.4 is 0 Å². The summed E-state index contributed by atoms with van der Waals surface area (Å²) in [5, 5.41) is 83.7. The highest BCUT2D eigenvalue weighted by atomic mass is 15.0. The molecule has 27 rings (SSSR count). The van der Waals surface area contributed by atoms with E-state index in [1.807, 2.05) is 237 Å². The van der Waals surface area contributed by atoms with E-state index in [1.165, 1.54) is 0 Å². The summed E-state index contributed by atoms with van der Waals surface area (Å²) in [5.41, 5.74) is 33.4. The Morgan fingerprint density at radius 2 is 0.467 bits per heavy atom. The molecule has 0 aliphatic carbocycles. The predicted octanol–water partition coefficient (Wildman–Crippen LogP) is 33.8. The van der Waals surface area contributed by atoms with Gasteiger partial charge in [0.15, 0.2) is 11.4 Å². The second-order valence-corrected chi connectivity index (χ2v) is 36.8. The largest absolute Gasteiger partial charge is 0.310 e. The molecule has 6 heterocycles. The SMILES string of the molecule is N#Cc1ccc2c(c1)c1ccccc1n2-c1ccc(-c2ccccc2-c2c(-n3c4ccccc4c4ccccc43)ccc(C#N)c2C#N)cc1.[C-]#[N+]c1ccc(-c2ccccc2-c2ccc(-n3c4ccccc4c4cc(C#N)ccc43)c(C#N)c2)c(-n2c3ccccc3c3ccccc32)c1.[C-]#[N+]c1ccc(-c2ccccc2-c2ccc(-n3c4ccccc4c4cc(C#N)ccc43)cc2C#N)c(-n2c3ccccc3c3ccccc32)c1. The third-order valence-corrected chi connectivity index (χ3v) is 28.9. The topological polar surface area (TPSA) is 205 Å². The van der Waals surface area contributed by atoms with Crippen LogP contribution in [0.25, 0.3) is 241 Å². The molecule has 0 atom stereocenters. The molecular formula is C135H75N15. The number of fused-ring (bicyclic) bond motifs is 18. The van der Waals surface area contributed by atoms with Gasteiger partial charge < -0.3 is 27.4 Å². The molecule has 690 valence electrons. The van der Waals surface area contributed by atoms with E-state index in [2.05, 4.69) is 292 Å². The van der Waals surface area contributed by atoms with Gasteiger partial charge in [-0.3, -0.25) is 0 Å². The number of rotatable bonds is 12. The molecule has 150 heavy (non-hydrogen) atoms. The Morgan fingerprint density at radius 3 is 0.853 bits per heavy atom. The first-order valence-electron chi connectivity index (χ1n) is 48.8. The van der Waals surface area contributed by atoms with Crippen LogP contribution in [-0.4, -0.2) is 27.4 Å². The van der Waals surface area contributed by atoms with Crippen molar-refractivity contribution in [3.8, 4) is 143 Å². The molecule has 6 aromatic heterocycles. The van der Waals surface area contributed by atoms with Crippen LogP contribution in [0.1, 0.15) is 38.9 Å². The molecule has 0 saturated heterocycles. The number of nitriles is 7. The number of para-hydroxylation sites is 9. The Bertz CT molecular complexity index is 10700. The molecular weight excluding hydrogens is 1830 g/mol. The molecule has 0 spiro atoms. The van der Waals surface area contributed by atoms with Crippen molar-refractivity contribution >= 4 is 142 Å². The molecule has 0 amide bonds. The van der Waals surface area contributed by atoms with Crippen LogP contribution in [0.5, 0.6) is 0 Å². The Morgan fingerprint density at radius 1 is 0.173 bits per heavy atom. The summed E-state index contributed by atoms with van der Waals surface area (Å²) in [5.74, 6) is 0. The smallest absolute Gasteiger partial charge is 0.189 e. The Kier molecular flexibility index (Phi) is 22.0. The van der Waals surface area contributed by atoms with Crippen LogP contribution in [0.4, 0.5) is 11.4 Å². The van der Waals surface area contributed by atoms with E-state index in [0.717, 1.165) is 226 Å². The highest BCUT2D eigenvalue weighted by molar-refractivity contribution is 6.16. The van der Waals surface area contributed by atoms with Gasteiger partial charge in [0.1, 0.15) is 18.2 Å². The third kappa shape index (κ3) is 14.7. The van der Waals surface area contributed by atoms with E-state index in [9.17, 15) is 36.8 Å². The second kappa shape index (κ2) is 37.0. The van der Waals surface area contributed by atoms with Crippen molar-refractivity contribution in [3.63, 3.8) is 0 Å². The Balaban J connectivity index is 0.000000116. The summed E-state index contributed by atoms with van der Waals surface area (Å²) in [7, 11) is 0. The lowest BCUT2D eigenvalue weighted by atomic mass is 9.89. The lowest BCUT2D eigenvalue weighted by Gasteiger charge is -2.19. The minimum absolute atomic E-state index is 0.336. The van der Waals surface area contributed by atoms with E-state index in [0.29, 0.717) is 55.9 Å². The number of hydrogen-bond donors (Lipinski definition) is 0. The average molecular weight is 1910 g/mol. The number of nitrogens with zero attached hydrogens (tertiary/aromatic N) is 15. The highest BCUT2D eigenvalue weighted by Gasteiger charge is 2.28. The molecule has 0 fully saturated rings. The zero-order valence-electron chi connectivity index (χ0n) is 80.0. The predicted molar refractivity (Wildman–Crippen MR) is 604 cm³/mol. The minimum atomic E-state index is 0.336. The second-order valence-electron chi connectivity index (χ2n) is 36.8. The van der Waals surface area contributed by atoms with Crippen molar-refractivity contribution in [1.29, 1.82) is 36.8 Å². The van der Waals surface area contributed by atoms with Crippen LogP contribution >= 0.6 is 0 Å². The van der Waals surface area contributed by atoms with Crippen LogP contribution in [0.15, 0.2) is 455 Å². The summed E-state index contributed by atoms with van der Waals surface area (Å²) in [6, 6.07) is 169. The number of aromatic nitrogens is 6. The third-order valence-electron chi connectivity index (χ3n) is 28.9. The zero-order chi connectivity index (χ0) is 101. The first-order chi connectivity index (χ1) is 74.0. The van der Waals surface area contributed by atoms with Gasteiger partial charge in [0.05, 0.1) is 154 Å². The van der Waals surface area contributed by atoms with Crippen LogP contribution in [0.2, 0.25) is 0 Å². The van der Waals surface area contributed by atoms with Gasteiger partial charge in [-0.05, 0) is 214 Å².